The molecule has 1 aromatic heterocycles. The van der Waals surface area contributed by atoms with Crippen molar-refractivity contribution in [3.63, 3.8) is 0 Å². The average molecular weight is 165 g/mol. The third-order valence-electron chi connectivity index (χ3n) is 0.672. The first kappa shape index (κ1) is 4.36. The quantitative estimate of drug-likeness (QED) is 0.596. The minimum Gasteiger partial charge on any atom is -0.399 e. The lowest BCUT2D eigenvalue weighted by Gasteiger charge is -1.92. The van der Waals surface area contributed by atoms with Crippen LogP contribution in [0.15, 0.2) is 12.1 Å². The number of rotatable bonds is 0. The van der Waals surface area contributed by atoms with Gasteiger partial charge < -0.3 is 5.73 Å². The van der Waals surface area contributed by atoms with Crippen LogP contribution in [0.2, 0.25) is 10.3 Å². The number of hydrogen-bond acceptors (Lipinski definition) is 2. The van der Waals surface area contributed by atoms with E-state index in [1.807, 2.05) is 0 Å². The van der Waals surface area contributed by atoms with Crippen LogP contribution in [0.25, 0.3) is 0 Å². The Morgan fingerprint density at radius 2 is 1.89 bits per heavy atom. The Morgan fingerprint density at radius 1 is 1.44 bits per heavy atom. The number of nitrogen functional groups attached to an aromatic ring is 1. The van der Waals surface area contributed by atoms with Gasteiger partial charge in [-0.2, -0.15) is 0 Å². The van der Waals surface area contributed by atoms with E-state index in [4.69, 9.17) is 31.7 Å². The second-order valence-corrected chi connectivity index (χ2v) is 2.07. The molecule has 1 rings (SSSR count). The molecule has 0 saturated heterocycles. The first-order chi connectivity index (χ1) is 5.04. The van der Waals surface area contributed by atoms with Crippen molar-refractivity contribution in [3.8, 4) is 0 Å². The highest BCUT2D eigenvalue weighted by molar-refractivity contribution is 6.32. The van der Waals surface area contributed by atoms with E-state index in [-0.39, 0.29) is 28.1 Å². The fourth-order valence-electron chi connectivity index (χ4n) is 0.396. The van der Waals surface area contributed by atoms with Crippen LogP contribution in [-0.4, -0.2) is 4.98 Å². The standard InChI is InChI=1S/C5H4Cl2N2/c6-4-1-3(8)2-5(7)9-4/h1-2H,(H2,8,9)/i1D,2D. The van der Waals surface area contributed by atoms with Crippen molar-refractivity contribution in [2.75, 3.05) is 5.73 Å². The minimum atomic E-state index is -0.152. The number of aromatic nitrogens is 1. The molecule has 0 atom stereocenters. The van der Waals surface area contributed by atoms with Crippen LogP contribution in [-0.2, 0) is 0 Å². The fraction of sp³-hybridized carbons (Fsp3) is 0. The molecule has 0 aliphatic rings. The molecule has 0 aromatic carbocycles. The average Bonchev–Trinajstić information content (AvgIpc) is 1.97. The largest absolute Gasteiger partial charge is 0.399 e. The smallest absolute Gasteiger partial charge is 0.132 e. The van der Waals surface area contributed by atoms with E-state index >= 15 is 0 Å². The Kier molecular flexibility index (Phi) is 1.17. The fourth-order valence-corrected chi connectivity index (χ4v) is 0.811. The molecule has 0 amide bonds. The van der Waals surface area contributed by atoms with E-state index in [9.17, 15) is 0 Å². The Balaban J connectivity index is 3.46. The molecule has 0 spiro atoms. The zero-order valence-corrected chi connectivity index (χ0v) is 5.79. The summed E-state index contributed by atoms with van der Waals surface area (Å²) in [5.41, 5.74) is 5.25. The summed E-state index contributed by atoms with van der Waals surface area (Å²) >= 11 is 10.9. The molecule has 1 aromatic rings. The number of nitrogens with zero attached hydrogens (tertiary/aromatic N) is 1. The van der Waals surface area contributed by atoms with Gasteiger partial charge in [0.1, 0.15) is 10.3 Å². The number of nitrogens with two attached hydrogens (primary N) is 1. The summed E-state index contributed by atoms with van der Waals surface area (Å²) in [7, 11) is 0. The number of halogens is 2. The lowest BCUT2D eigenvalue weighted by molar-refractivity contribution is 1.33. The third kappa shape index (κ3) is 1.73. The highest BCUT2D eigenvalue weighted by Gasteiger charge is 1.93. The molecule has 0 unspecified atom stereocenters. The van der Waals surface area contributed by atoms with Gasteiger partial charge in [-0.05, 0) is 12.1 Å². The topological polar surface area (TPSA) is 38.9 Å². The zero-order chi connectivity index (χ0) is 8.59. The summed E-state index contributed by atoms with van der Waals surface area (Å²) in [6.45, 7) is 0. The van der Waals surface area contributed by atoms with Crippen molar-refractivity contribution in [1.82, 2.24) is 4.98 Å². The molecule has 48 valence electrons. The van der Waals surface area contributed by atoms with Crippen LogP contribution in [0, 0.1) is 0 Å². The van der Waals surface area contributed by atoms with Gasteiger partial charge in [-0.25, -0.2) is 4.98 Å². The van der Waals surface area contributed by atoms with Crippen molar-refractivity contribution in [2.24, 2.45) is 0 Å². The van der Waals surface area contributed by atoms with Crippen molar-refractivity contribution in [2.45, 2.75) is 0 Å². The number of anilines is 1. The molecular formula is C5H4Cl2N2. The molecule has 0 saturated carbocycles. The molecule has 0 radical (unpaired) electrons. The number of pyridine rings is 1. The Bertz CT molecular complexity index is 277. The molecular weight excluding hydrogens is 159 g/mol. The Morgan fingerprint density at radius 3 is 2.33 bits per heavy atom. The van der Waals surface area contributed by atoms with Gasteiger partial charge in [-0.3, -0.25) is 0 Å². The summed E-state index contributed by atoms with van der Waals surface area (Å²) in [4.78, 5) is 3.51. The van der Waals surface area contributed by atoms with Crippen molar-refractivity contribution >= 4 is 28.9 Å². The predicted octanol–water partition coefficient (Wildman–Crippen LogP) is 1.97. The maximum absolute atomic E-state index is 7.18. The van der Waals surface area contributed by atoms with Gasteiger partial charge in [0, 0.05) is 5.69 Å². The molecule has 0 aliphatic heterocycles. The molecule has 0 aliphatic carbocycles. The van der Waals surface area contributed by atoms with E-state index in [0.29, 0.717) is 0 Å². The minimum absolute atomic E-state index is 0.0463. The second-order valence-electron chi connectivity index (χ2n) is 1.36. The van der Waals surface area contributed by atoms with E-state index < -0.39 is 0 Å². The maximum atomic E-state index is 7.18. The predicted molar refractivity (Wildman–Crippen MR) is 38.7 cm³/mol. The van der Waals surface area contributed by atoms with E-state index in [2.05, 4.69) is 4.98 Å². The molecule has 9 heavy (non-hydrogen) atoms. The third-order valence-corrected chi connectivity index (χ3v) is 1.03. The molecule has 0 fully saturated rings. The Hall–Kier alpha value is -0.470. The first-order valence-corrected chi connectivity index (χ1v) is 2.87. The highest BCUT2D eigenvalue weighted by Crippen LogP contribution is 2.15. The van der Waals surface area contributed by atoms with Gasteiger partial charge in [0.15, 0.2) is 0 Å². The van der Waals surface area contributed by atoms with Crippen LogP contribution >= 0.6 is 23.2 Å². The highest BCUT2D eigenvalue weighted by atomic mass is 35.5. The molecule has 2 nitrogen and oxygen atoms in total. The monoisotopic (exact) mass is 164 g/mol. The van der Waals surface area contributed by atoms with Gasteiger partial charge in [-0.1, -0.05) is 23.2 Å². The number of hydrogen-bond donors (Lipinski definition) is 1. The van der Waals surface area contributed by atoms with Gasteiger partial charge in [0.25, 0.3) is 0 Å². The van der Waals surface area contributed by atoms with Crippen LogP contribution in [0.3, 0.4) is 0 Å². The summed E-state index contributed by atoms with van der Waals surface area (Å²) < 4.78 is 14.4. The molecule has 0 bridgehead atoms. The molecule has 1 heterocycles. The van der Waals surface area contributed by atoms with E-state index in [0.717, 1.165) is 0 Å². The van der Waals surface area contributed by atoms with Gasteiger partial charge in [0.2, 0.25) is 0 Å². The SMILES string of the molecule is [2H]c1c(Cl)nc(Cl)c([2H])c1N. The van der Waals surface area contributed by atoms with Crippen molar-refractivity contribution in [3.05, 3.63) is 22.4 Å². The lowest BCUT2D eigenvalue weighted by Crippen LogP contribution is -1.85. The van der Waals surface area contributed by atoms with E-state index in [1.54, 1.807) is 0 Å². The van der Waals surface area contributed by atoms with Gasteiger partial charge in [-0.15, -0.1) is 0 Å². The van der Waals surface area contributed by atoms with Crippen molar-refractivity contribution < 1.29 is 2.74 Å². The molecule has 2 N–H and O–H groups in total. The van der Waals surface area contributed by atoms with Gasteiger partial charge in [0.05, 0.1) is 2.74 Å². The van der Waals surface area contributed by atoms with Crippen molar-refractivity contribution in [1.29, 1.82) is 0 Å². The second kappa shape index (κ2) is 2.42. The van der Waals surface area contributed by atoms with Crippen LogP contribution in [0.4, 0.5) is 5.69 Å². The summed E-state index contributed by atoms with van der Waals surface area (Å²) in [6.07, 6.45) is 0. The molecule has 4 heteroatoms. The Labute approximate surface area is 65.4 Å². The summed E-state index contributed by atoms with van der Waals surface area (Å²) in [5, 5.41) is -0.160. The van der Waals surface area contributed by atoms with Gasteiger partial charge >= 0.3 is 0 Å². The zero-order valence-electron chi connectivity index (χ0n) is 6.28. The van der Waals surface area contributed by atoms with Crippen LogP contribution in [0.1, 0.15) is 2.74 Å². The lowest BCUT2D eigenvalue weighted by atomic mass is 10.4. The first-order valence-electron chi connectivity index (χ1n) is 3.11. The van der Waals surface area contributed by atoms with E-state index in [1.165, 1.54) is 0 Å². The summed E-state index contributed by atoms with van der Waals surface area (Å²) in [5.74, 6) is 0. The maximum Gasteiger partial charge on any atom is 0.132 e. The summed E-state index contributed by atoms with van der Waals surface area (Å²) in [6, 6.07) is -0.304. The normalized spacial score (nSPS) is 12.7. The van der Waals surface area contributed by atoms with Crippen LogP contribution < -0.4 is 5.73 Å². The van der Waals surface area contributed by atoms with Crippen LogP contribution in [0.5, 0.6) is 0 Å².